The molecule has 2 saturated carbocycles. The second-order valence-corrected chi connectivity index (χ2v) is 9.46. The predicted octanol–water partition coefficient (Wildman–Crippen LogP) is 0.196. The summed E-state index contributed by atoms with van der Waals surface area (Å²) in [6.45, 7) is 2.53. The van der Waals surface area contributed by atoms with Gasteiger partial charge >= 0.3 is 0 Å². The highest BCUT2D eigenvalue weighted by Gasteiger charge is 2.59. The van der Waals surface area contributed by atoms with Crippen molar-refractivity contribution in [1.29, 1.82) is 0 Å². The van der Waals surface area contributed by atoms with Crippen LogP contribution in [0.25, 0.3) is 0 Å². The van der Waals surface area contributed by atoms with Gasteiger partial charge < -0.3 is 9.84 Å². The molecule has 0 unspecified atom stereocenters. The van der Waals surface area contributed by atoms with Crippen LogP contribution in [0.3, 0.4) is 0 Å². The molecule has 0 aromatic carbocycles. The summed E-state index contributed by atoms with van der Waals surface area (Å²) >= 11 is 0. The summed E-state index contributed by atoms with van der Waals surface area (Å²) in [6, 6.07) is 0.0389. The molecule has 1 amide bonds. The van der Waals surface area contributed by atoms with E-state index in [4.69, 9.17) is 4.52 Å². The number of amides is 1. The Morgan fingerprint density at radius 3 is 2.75 bits per heavy atom. The molecule has 132 valence electrons. The van der Waals surface area contributed by atoms with E-state index in [2.05, 4.69) is 15.5 Å². The summed E-state index contributed by atoms with van der Waals surface area (Å²) in [5.41, 5.74) is -0.494. The number of nitrogens with zero attached hydrogens (tertiary/aromatic N) is 3. The number of rotatable bonds is 4. The van der Waals surface area contributed by atoms with Crippen LogP contribution >= 0.6 is 0 Å². The maximum atomic E-state index is 12.1. The van der Waals surface area contributed by atoms with Gasteiger partial charge in [-0.2, -0.15) is 4.98 Å². The Morgan fingerprint density at radius 2 is 2.17 bits per heavy atom. The van der Waals surface area contributed by atoms with Gasteiger partial charge in [-0.15, -0.1) is 0 Å². The fourth-order valence-corrected chi connectivity index (χ4v) is 5.10. The van der Waals surface area contributed by atoms with Gasteiger partial charge in [0.05, 0.1) is 11.7 Å². The maximum Gasteiger partial charge on any atom is 0.234 e. The van der Waals surface area contributed by atoms with E-state index in [1.807, 2.05) is 0 Å². The summed E-state index contributed by atoms with van der Waals surface area (Å²) < 4.78 is 30.9. The SMILES string of the molecule is Cc1noc([C@]23C[C@H](NC(=O)C4CC4)C[C@H]2CN(S(C)(=O)=O)C3)n1. The molecule has 1 aromatic rings. The smallest absolute Gasteiger partial charge is 0.234 e. The molecule has 1 aromatic heterocycles. The standard InChI is InChI=1S/C15H22N4O4S/c1-9-16-14(23-18-9)15-6-12(17-13(20)10-3-4-10)5-11(15)7-19(8-15)24(2,21)22/h10-12H,3-8H2,1-2H3,(H,17,20)/t11-,12+,15-/m0/s1. The van der Waals surface area contributed by atoms with Crippen LogP contribution in [0.4, 0.5) is 0 Å². The van der Waals surface area contributed by atoms with Crippen molar-refractivity contribution < 1.29 is 17.7 Å². The van der Waals surface area contributed by atoms with E-state index in [1.165, 1.54) is 10.6 Å². The van der Waals surface area contributed by atoms with E-state index in [0.717, 1.165) is 19.3 Å². The number of sulfonamides is 1. The highest BCUT2D eigenvalue weighted by atomic mass is 32.2. The van der Waals surface area contributed by atoms with Crippen LogP contribution < -0.4 is 5.32 Å². The second-order valence-electron chi connectivity index (χ2n) is 7.47. The lowest BCUT2D eigenvalue weighted by Crippen LogP contribution is -2.39. The van der Waals surface area contributed by atoms with Crippen molar-refractivity contribution in [3.05, 3.63) is 11.7 Å². The van der Waals surface area contributed by atoms with E-state index in [1.54, 1.807) is 6.92 Å². The van der Waals surface area contributed by atoms with Crippen LogP contribution in [0.2, 0.25) is 0 Å². The zero-order valence-corrected chi connectivity index (χ0v) is 14.7. The Morgan fingerprint density at radius 1 is 1.42 bits per heavy atom. The summed E-state index contributed by atoms with van der Waals surface area (Å²) in [6.07, 6.45) is 4.55. The van der Waals surface area contributed by atoms with Crippen molar-refractivity contribution in [3.8, 4) is 0 Å². The average Bonchev–Trinajstić information content (AvgIpc) is 3.00. The number of hydrogen-bond donors (Lipinski definition) is 1. The number of fused-ring (bicyclic) bond motifs is 1. The predicted molar refractivity (Wildman–Crippen MR) is 84.5 cm³/mol. The first-order valence-electron chi connectivity index (χ1n) is 8.34. The van der Waals surface area contributed by atoms with E-state index in [-0.39, 0.29) is 23.8 Å². The highest BCUT2D eigenvalue weighted by Crippen LogP contribution is 2.50. The third kappa shape index (κ3) is 2.63. The molecule has 2 aliphatic carbocycles. The first-order valence-corrected chi connectivity index (χ1v) is 10.2. The van der Waals surface area contributed by atoms with Gasteiger partial charge in [-0.25, -0.2) is 12.7 Å². The third-order valence-corrected chi connectivity index (χ3v) is 6.78. The van der Waals surface area contributed by atoms with Gasteiger partial charge in [0.1, 0.15) is 0 Å². The zero-order chi connectivity index (χ0) is 17.1. The molecule has 3 aliphatic rings. The van der Waals surface area contributed by atoms with Crippen LogP contribution in [0.1, 0.15) is 37.4 Å². The third-order valence-electron chi connectivity index (χ3n) is 5.56. The Kier molecular flexibility index (Phi) is 3.51. The molecule has 24 heavy (non-hydrogen) atoms. The number of aryl methyl sites for hydroxylation is 1. The minimum atomic E-state index is -3.27. The van der Waals surface area contributed by atoms with Crippen molar-refractivity contribution in [2.45, 2.75) is 44.1 Å². The normalized spacial score (nSPS) is 33.6. The monoisotopic (exact) mass is 354 g/mol. The van der Waals surface area contributed by atoms with Gasteiger partial charge in [0, 0.05) is 25.0 Å². The number of nitrogens with one attached hydrogen (secondary N) is 1. The van der Waals surface area contributed by atoms with E-state index in [9.17, 15) is 13.2 Å². The molecule has 1 aliphatic heterocycles. The molecule has 8 nitrogen and oxygen atoms in total. The van der Waals surface area contributed by atoms with Crippen molar-refractivity contribution >= 4 is 15.9 Å². The van der Waals surface area contributed by atoms with Gasteiger partial charge in [-0.05, 0) is 38.5 Å². The zero-order valence-electron chi connectivity index (χ0n) is 13.9. The van der Waals surface area contributed by atoms with Crippen molar-refractivity contribution in [1.82, 2.24) is 19.8 Å². The minimum absolute atomic E-state index is 0.0389. The van der Waals surface area contributed by atoms with Gasteiger partial charge in [0.15, 0.2) is 5.82 Å². The molecular formula is C15H22N4O4S. The molecule has 1 N–H and O–H groups in total. The first kappa shape index (κ1) is 16.0. The highest BCUT2D eigenvalue weighted by molar-refractivity contribution is 7.88. The number of carbonyl (C=O) groups excluding carboxylic acids is 1. The number of carbonyl (C=O) groups is 1. The largest absolute Gasteiger partial charge is 0.353 e. The molecule has 2 heterocycles. The second kappa shape index (κ2) is 5.26. The van der Waals surface area contributed by atoms with Crippen LogP contribution in [-0.4, -0.2) is 54.2 Å². The van der Waals surface area contributed by atoms with Crippen LogP contribution in [0.15, 0.2) is 4.52 Å². The summed E-state index contributed by atoms with van der Waals surface area (Å²) in [7, 11) is -3.27. The van der Waals surface area contributed by atoms with Crippen molar-refractivity contribution in [3.63, 3.8) is 0 Å². The Balaban J connectivity index is 1.60. The fraction of sp³-hybridized carbons (Fsp3) is 0.800. The van der Waals surface area contributed by atoms with Gasteiger partial charge in [0.2, 0.25) is 21.8 Å². The summed E-state index contributed by atoms with van der Waals surface area (Å²) in [5.74, 6) is 1.41. The fourth-order valence-electron chi connectivity index (χ4n) is 4.18. The number of aromatic nitrogens is 2. The van der Waals surface area contributed by atoms with Gasteiger partial charge in [0.25, 0.3) is 0 Å². The molecule has 1 saturated heterocycles. The van der Waals surface area contributed by atoms with Crippen molar-refractivity contribution in [2.24, 2.45) is 11.8 Å². The van der Waals surface area contributed by atoms with Crippen LogP contribution in [0.5, 0.6) is 0 Å². The molecule has 3 fully saturated rings. The minimum Gasteiger partial charge on any atom is -0.353 e. The summed E-state index contributed by atoms with van der Waals surface area (Å²) in [5, 5.41) is 7.01. The lowest BCUT2D eigenvalue weighted by atomic mass is 9.80. The van der Waals surface area contributed by atoms with Gasteiger partial charge in [-0.1, -0.05) is 5.16 Å². The van der Waals surface area contributed by atoms with E-state index < -0.39 is 15.4 Å². The average molecular weight is 354 g/mol. The maximum absolute atomic E-state index is 12.1. The lowest BCUT2D eigenvalue weighted by Gasteiger charge is -2.24. The van der Waals surface area contributed by atoms with Gasteiger partial charge in [-0.3, -0.25) is 4.79 Å². The van der Waals surface area contributed by atoms with Crippen molar-refractivity contribution in [2.75, 3.05) is 19.3 Å². The first-order chi connectivity index (χ1) is 11.3. The summed E-state index contributed by atoms with van der Waals surface area (Å²) in [4.78, 5) is 16.5. The quantitative estimate of drug-likeness (QED) is 0.828. The lowest BCUT2D eigenvalue weighted by molar-refractivity contribution is -0.123. The van der Waals surface area contributed by atoms with Crippen LogP contribution in [-0.2, 0) is 20.2 Å². The van der Waals surface area contributed by atoms with E-state index in [0.29, 0.717) is 31.2 Å². The molecule has 3 atom stereocenters. The molecule has 0 radical (unpaired) electrons. The molecule has 0 bridgehead atoms. The number of hydrogen-bond acceptors (Lipinski definition) is 6. The molecular weight excluding hydrogens is 332 g/mol. The Labute approximate surface area is 141 Å². The molecule has 4 rings (SSSR count). The topological polar surface area (TPSA) is 105 Å². The molecule has 9 heteroatoms. The Hall–Kier alpha value is -1.48. The van der Waals surface area contributed by atoms with E-state index >= 15 is 0 Å². The molecule has 0 spiro atoms. The van der Waals surface area contributed by atoms with Crippen LogP contribution in [0, 0.1) is 18.8 Å². The Bertz CT molecular complexity index is 772.